The van der Waals surface area contributed by atoms with Crippen molar-refractivity contribution < 1.29 is 14.3 Å². The van der Waals surface area contributed by atoms with Gasteiger partial charge in [-0.25, -0.2) is 4.79 Å². The third-order valence-corrected chi connectivity index (χ3v) is 1.55. The summed E-state index contributed by atoms with van der Waals surface area (Å²) in [4.78, 5) is 22.0. The Balaban J connectivity index is 3.64. The van der Waals surface area contributed by atoms with E-state index in [0.717, 1.165) is 0 Å². The van der Waals surface area contributed by atoms with Crippen LogP contribution in [0.3, 0.4) is 0 Å². The lowest BCUT2D eigenvalue weighted by Crippen LogP contribution is -2.41. The Morgan fingerprint density at radius 2 is 1.94 bits per heavy atom. The second-order valence-electron chi connectivity index (χ2n) is 4.36. The van der Waals surface area contributed by atoms with Gasteiger partial charge in [0.05, 0.1) is 7.11 Å². The molecule has 0 radical (unpaired) electrons. The molecule has 0 atom stereocenters. The molecule has 0 aliphatic carbocycles. The summed E-state index contributed by atoms with van der Waals surface area (Å²) in [5.41, 5.74) is -0.209. The van der Waals surface area contributed by atoms with Crippen LogP contribution in [0.2, 0.25) is 0 Å². The summed E-state index contributed by atoms with van der Waals surface area (Å²) in [7, 11) is 1.31. The van der Waals surface area contributed by atoms with Gasteiger partial charge in [-0.1, -0.05) is 0 Å². The van der Waals surface area contributed by atoms with Crippen LogP contribution in [0.4, 0.5) is 0 Å². The zero-order chi connectivity index (χ0) is 12.6. The van der Waals surface area contributed by atoms with Gasteiger partial charge in [0.1, 0.15) is 0 Å². The number of amides is 1. The van der Waals surface area contributed by atoms with E-state index in [2.05, 4.69) is 15.4 Å². The topological polar surface area (TPSA) is 67.4 Å². The molecule has 92 valence electrons. The van der Waals surface area contributed by atoms with E-state index in [-0.39, 0.29) is 11.4 Å². The maximum absolute atomic E-state index is 11.3. The third-order valence-electron chi connectivity index (χ3n) is 1.55. The molecule has 0 saturated heterocycles. The van der Waals surface area contributed by atoms with Gasteiger partial charge in [-0.15, -0.1) is 0 Å². The van der Waals surface area contributed by atoms with Gasteiger partial charge >= 0.3 is 5.97 Å². The number of carbonyl (C=O) groups is 2. The van der Waals surface area contributed by atoms with E-state index >= 15 is 0 Å². The number of hydrogen-bond acceptors (Lipinski definition) is 4. The number of hydrogen-bond donors (Lipinski definition) is 2. The fraction of sp³-hybridized carbons (Fsp3) is 0.636. The lowest BCUT2D eigenvalue weighted by atomic mass is 10.1. The highest BCUT2D eigenvalue weighted by atomic mass is 16.5. The Kier molecular flexibility index (Phi) is 6.22. The maximum atomic E-state index is 11.3. The molecule has 0 heterocycles. The molecule has 0 fully saturated rings. The van der Waals surface area contributed by atoms with Crippen LogP contribution in [0.25, 0.3) is 0 Å². The molecular formula is C11H20N2O3. The summed E-state index contributed by atoms with van der Waals surface area (Å²) in [6.07, 6.45) is 3.10. The SMILES string of the molecule is COC(=O)/C=C/NCCC(=O)NC(C)(C)C. The summed E-state index contributed by atoms with van der Waals surface area (Å²) in [6, 6.07) is 0. The van der Waals surface area contributed by atoms with Crippen LogP contribution in [0, 0.1) is 0 Å². The Labute approximate surface area is 96.2 Å². The lowest BCUT2D eigenvalue weighted by molar-refractivity contribution is -0.134. The number of esters is 1. The summed E-state index contributed by atoms with van der Waals surface area (Å²) >= 11 is 0. The van der Waals surface area contributed by atoms with Gasteiger partial charge in [-0.05, 0) is 20.8 Å². The van der Waals surface area contributed by atoms with E-state index in [0.29, 0.717) is 13.0 Å². The summed E-state index contributed by atoms with van der Waals surface area (Å²) in [5, 5.41) is 5.66. The molecule has 0 aliphatic heterocycles. The van der Waals surface area contributed by atoms with E-state index in [1.54, 1.807) is 0 Å². The van der Waals surface area contributed by atoms with Gasteiger partial charge in [-0.2, -0.15) is 0 Å². The normalized spacial score (nSPS) is 11.2. The smallest absolute Gasteiger partial charge is 0.331 e. The number of methoxy groups -OCH3 is 1. The molecule has 0 aromatic rings. The molecule has 5 heteroatoms. The Bertz CT molecular complexity index is 267. The van der Waals surface area contributed by atoms with Crippen molar-refractivity contribution in [3.05, 3.63) is 12.3 Å². The number of carbonyl (C=O) groups excluding carboxylic acids is 2. The largest absolute Gasteiger partial charge is 0.466 e. The van der Waals surface area contributed by atoms with Gasteiger partial charge in [0, 0.05) is 30.8 Å². The van der Waals surface area contributed by atoms with Crippen LogP contribution in [0.15, 0.2) is 12.3 Å². The first-order valence-electron chi connectivity index (χ1n) is 5.14. The highest BCUT2D eigenvalue weighted by molar-refractivity contribution is 5.81. The minimum atomic E-state index is -0.424. The lowest BCUT2D eigenvalue weighted by Gasteiger charge is -2.20. The molecule has 0 aromatic carbocycles. The molecule has 0 aromatic heterocycles. The zero-order valence-electron chi connectivity index (χ0n) is 10.3. The van der Waals surface area contributed by atoms with Crippen LogP contribution in [-0.4, -0.2) is 31.1 Å². The quantitative estimate of drug-likeness (QED) is 0.410. The van der Waals surface area contributed by atoms with Crippen molar-refractivity contribution in [3.8, 4) is 0 Å². The molecule has 5 nitrogen and oxygen atoms in total. The second-order valence-corrected chi connectivity index (χ2v) is 4.36. The van der Waals surface area contributed by atoms with Crippen molar-refractivity contribution >= 4 is 11.9 Å². The molecule has 1 amide bonds. The Hall–Kier alpha value is -1.52. The van der Waals surface area contributed by atoms with Crippen LogP contribution in [0.5, 0.6) is 0 Å². The fourth-order valence-electron chi connectivity index (χ4n) is 0.945. The first-order chi connectivity index (χ1) is 7.35. The Morgan fingerprint density at radius 1 is 1.31 bits per heavy atom. The number of nitrogens with one attached hydrogen (secondary N) is 2. The van der Waals surface area contributed by atoms with Crippen LogP contribution in [0.1, 0.15) is 27.2 Å². The molecule has 0 spiro atoms. The maximum Gasteiger partial charge on any atom is 0.331 e. The number of rotatable bonds is 5. The van der Waals surface area contributed by atoms with Crippen molar-refractivity contribution in [3.63, 3.8) is 0 Å². The third kappa shape index (κ3) is 9.05. The first-order valence-corrected chi connectivity index (χ1v) is 5.14. The number of ether oxygens (including phenoxy) is 1. The van der Waals surface area contributed by atoms with Crippen molar-refractivity contribution in [2.45, 2.75) is 32.7 Å². The summed E-state index contributed by atoms with van der Waals surface area (Å²) in [6.45, 7) is 6.26. The van der Waals surface area contributed by atoms with Crippen LogP contribution in [-0.2, 0) is 14.3 Å². The van der Waals surface area contributed by atoms with Crippen molar-refractivity contribution in [1.29, 1.82) is 0 Å². The van der Waals surface area contributed by atoms with Crippen LogP contribution < -0.4 is 10.6 Å². The van der Waals surface area contributed by atoms with Gasteiger partial charge in [0.25, 0.3) is 0 Å². The van der Waals surface area contributed by atoms with Gasteiger partial charge in [0.2, 0.25) is 5.91 Å². The highest BCUT2D eigenvalue weighted by Crippen LogP contribution is 1.98. The van der Waals surface area contributed by atoms with E-state index in [1.165, 1.54) is 19.4 Å². The van der Waals surface area contributed by atoms with Gasteiger partial charge < -0.3 is 15.4 Å². The zero-order valence-corrected chi connectivity index (χ0v) is 10.3. The van der Waals surface area contributed by atoms with Crippen molar-refractivity contribution in [1.82, 2.24) is 10.6 Å². The molecule has 0 unspecified atom stereocenters. The van der Waals surface area contributed by atoms with E-state index < -0.39 is 5.97 Å². The molecular weight excluding hydrogens is 208 g/mol. The standard InChI is InChI=1S/C11H20N2O3/c1-11(2,3)13-9(14)5-7-12-8-6-10(15)16-4/h6,8,12H,5,7H2,1-4H3,(H,13,14)/b8-6+. The predicted octanol–water partition coefficient (Wildman–Crippen LogP) is 0.567. The van der Waals surface area contributed by atoms with E-state index in [1.807, 2.05) is 20.8 Å². The highest BCUT2D eigenvalue weighted by Gasteiger charge is 2.12. The van der Waals surface area contributed by atoms with Gasteiger partial charge in [0.15, 0.2) is 0 Å². The molecule has 16 heavy (non-hydrogen) atoms. The summed E-state index contributed by atoms with van der Waals surface area (Å²) in [5.74, 6) is -0.446. The second kappa shape index (κ2) is 6.87. The summed E-state index contributed by atoms with van der Waals surface area (Å²) < 4.78 is 4.40. The molecule has 2 N–H and O–H groups in total. The molecule has 0 aliphatic rings. The van der Waals surface area contributed by atoms with Crippen molar-refractivity contribution in [2.75, 3.05) is 13.7 Å². The van der Waals surface area contributed by atoms with E-state index in [4.69, 9.17) is 0 Å². The molecule has 0 saturated carbocycles. The minimum absolute atomic E-state index is 0.0218. The van der Waals surface area contributed by atoms with E-state index in [9.17, 15) is 9.59 Å². The minimum Gasteiger partial charge on any atom is -0.466 e. The monoisotopic (exact) mass is 228 g/mol. The molecule has 0 rings (SSSR count). The average molecular weight is 228 g/mol. The molecule has 0 bridgehead atoms. The van der Waals surface area contributed by atoms with Crippen molar-refractivity contribution in [2.24, 2.45) is 0 Å². The average Bonchev–Trinajstić information content (AvgIpc) is 2.14. The first kappa shape index (κ1) is 14.5. The van der Waals surface area contributed by atoms with Gasteiger partial charge in [-0.3, -0.25) is 4.79 Å². The Morgan fingerprint density at radius 3 is 2.44 bits per heavy atom. The fourth-order valence-corrected chi connectivity index (χ4v) is 0.945. The van der Waals surface area contributed by atoms with Crippen LogP contribution >= 0.6 is 0 Å². The predicted molar refractivity (Wildman–Crippen MR) is 61.7 cm³/mol.